The minimum absolute atomic E-state index is 0.324. The number of aromatic nitrogens is 1. The highest BCUT2D eigenvalue weighted by Crippen LogP contribution is 2.18. The van der Waals surface area contributed by atoms with Crippen LogP contribution in [0.1, 0.15) is 10.4 Å². The quantitative estimate of drug-likeness (QED) is 0.344. The van der Waals surface area contributed by atoms with Crippen LogP contribution in [-0.4, -0.2) is 21.7 Å². The second kappa shape index (κ2) is 3.87. The molecule has 0 radical (unpaired) electrons. The summed E-state index contributed by atoms with van der Waals surface area (Å²) in [4.78, 5) is 14.7. The minimum atomic E-state index is -0.595. The lowest BCUT2D eigenvalue weighted by molar-refractivity contribution is 0.106. The smallest absolute Gasteiger partial charge is 0.227 e. The van der Waals surface area contributed by atoms with E-state index in [4.69, 9.17) is 10.5 Å². The lowest BCUT2D eigenvalue weighted by Gasteiger charge is -1.94. The van der Waals surface area contributed by atoms with Crippen LogP contribution >= 0.6 is 0 Å². The molecule has 2 N–H and O–H groups in total. The van der Waals surface area contributed by atoms with Crippen LogP contribution in [0.2, 0.25) is 0 Å². The van der Waals surface area contributed by atoms with Crippen LogP contribution < -0.4 is 0 Å². The Bertz CT molecular complexity index is 619. The van der Waals surface area contributed by atoms with Gasteiger partial charge in [-0.25, -0.2) is 0 Å². The van der Waals surface area contributed by atoms with Crippen LogP contribution in [0.3, 0.4) is 0 Å². The topological polar surface area (TPSA) is 89.2 Å². The predicted molar refractivity (Wildman–Crippen MR) is 57.5 cm³/mol. The van der Waals surface area contributed by atoms with Crippen LogP contribution in [-0.2, 0) is 0 Å². The third-order valence-corrected chi connectivity index (χ3v) is 2.25. The summed E-state index contributed by atoms with van der Waals surface area (Å²) in [5.41, 5.74) is 0.593. The van der Waals surface area contributed by atoms with E-state index >= 15 is 0 Å². The molecule has 0 aliphatic rings. The van der Waals surface area contributed by atoms with Gasteiger partial charge in [-0.05, 0) is 6.07 Å². The number of carbonyl (C=O) groups is 1. The molecule has 0 saturated carbocycles. The van der Waals surface area contributed by atoms with Crippen molar-refractivity contribution in [3.05, 3.63) is 36.0 Å². The molecule has 5 nitrogen and oxygen atoms in total. The number of para-hydroxylation sites is 1. The molecule has 0 amide bonds. The van der Waals surface area contributed by atoms with Gasteiger partial charge < -0.3 is 10.2 Å². The van der Waals surface area contributed by atoms with E-state index in [0.29, 0.717) is 10.9 Å². The molecule has 1 aromatic carbocycles. The van der Waals surface area contributed by atoms with E-state index in [2.05, 4.69) is 10.1 Å². The summed E-state index contributed by atoms with van der Waals surface area (Å²) in [7, 11) is 0. The third kappa shape index (κ3) is 1.42. The molecule has 0 saturated heterocycles. The predicted octanol–water partition coefficient (Wildman–Crippen LogP) is 1.70. The van der Waals surface area contributed by atoms with Crippen LogP contribution in [0.15, 0.2) is 35.6 Å². The van der Waals surface area contributed by atoms with Gasteiger partial charge in [0.25, 0.3) is 0 Å². The fourth-order valence-electron chi connectivity index (χ4n) is 1.51. The first-order chi connectivity index (χ1) is 7.77. The van der Waals surface area contributed by atoms with Gasteiger partial charge in [-0.2, -0.15) is 5.26 Å². The maximum atomic E-state index is 11.7. The number of nitriles is 1. The van der Waals surface area contributed by atoms with Gasteiger partial charge >= 0.3 is 0 Å². The van der Waals surface area contributed by atoms with Crippen molar-refractivity contribution in [1.82, 2.24) is 4.98 Å². The molecule has 1 heterocycles. The van der Waals surface area contributed by atoms with Crippen LogP contribution in [0.25, 0.3) is 10.9 Å². The third-order valence-electron chi connectivity index (χ3n) is 2.25. The minimum Gasteiger partial charge on any atom is -0.410 e. The van der Waals surface area contributed by atoms with Crippen molar-refractivity contribution in [3.63, 3.8) is 0 Å². The zero-order valence-electron chi connectivity index (χ0n) is 8.14. The van der Waals surface area contributed by atoms with E-state index in [1.165, 1.54) is 6.20 Å². The highest BCUT2D eigenvalue weighted by Gasteiger charge is 2.17. The lowest BCUT2D eigenvalue weighted by atomic mass is 10.1. The number of H-pyrrole nitrogens is 1. The standard InChI is InChI=1S/C11H7N3O2/c12-5-10(14-16)11(15)8-6-13-9-4-2-1-3-7(8)9/h1-4,6,13,16H/b14-10-. The Kier molecular flexibility index (Phi) is 2.40. The van der Waals surface area contributed by atoms with Crippen molar-refractivity contribution in [1.29, 1.82) is 5.26 Å². The summed E-state index contributed by atoms with van der Waals surface area (Å²) >= 11 is 0. The molecular formula is C11H7N3O2. The van der Waals surface area contributed by atoms with Crippen molar-refractivity contribution < 1.29 is 10.0 Å². The number of oxime groups is 1. The van der Waals surface area contributed by atoms with E-state index in [9.17, 15) is 4.79 Å². The van der Waals surface area contributed by atoms with Gasteiger partial charge in [-0.1, -0.05) is 23.4 Å². The van der Waals surface area contributed by atoms with E-state index in [0.717, 1.165) is 5.52 Å². The van der Waals surface area contributed by atoms with E-state index in [1.807, 2.05) is 12.1 Å². The molecule has 0 spiro atoms. The first-order valence-corrected chi connectivity index (χ1v) is 4.51. The average Bonchev–Trinajstić information content (AvgIpc) is 2.74. The van der Waals surface area contributed by atoms with Gasteiger partial charge in [-0.3, -0.25) is 4.79 Å². The summed E-state index contributed by atoms with van der Waals surface area (Å²) in [5.74, 6) is -0.595. The molecule has 16 heavy (non-hydrogen) atoms. The SMILES string of the molecule is N#C/C(=N/O)C(=O)c1c[nH]c2ccccc12. The van der Waals surface area contributed by atoms with E-state index in [1.54, 1.807) is 18.2 Å². The molecule has 0 atom stereocenters. The molecule has 0 unspecified atom stereocenters. The summed E-state index contributed by atoms with van der Waals surface area (Å²) in [5, 5.41) is 20.5. The molecule has 0 aliphatic heterocycles. The number of carbonyl (C=O) groups excluding carboxylic acids is 1. The summed E-state index contributed by atoms with van der Waals surface area (Å²) in [6.07, 6.45) is 1.50. The van der Waals surface area contributed by atoms with E-state index in [-0.39, 0.29) is 0 Å². The molecule has 78 valence electrons. The Labute approximate surface area is 90.6 Å². The zero-order valence-corrected chi connectivity index (χ0v) is 8.14. The summed E-state index contributed by atoms with van der Waals surface area (Å²) in [6.45, 7) is 0. The molecule has 0 bridgehead atoms. The first-order valence-electron chi connectivity index (χ1n) is 4.51. The summed E-state index contributed by atoms with van der Waals surface area (Å²) in [6, 6.07) is 8.73. The number of hydrogen-bond acceptors (Lipinski definition) is 4. The number of rotatable bonds is 2. The molecule has 5 heteroatoms. The maximum Gasteiger partial charge on any atom is 0.227 e. The number of hydrogen-bond donors (Lipinski definition) is 2. The van der Waals surface area contributed by atoms with Crippen molar-refractivity contribution in [2.45, 2.75) is 0 Å². The fraction of sp³-hybridized carbons (Fsp3) is 0. The molecule has 0 aliphatic carbocycles. The molecule has 2 rings (SSSR count). The number of nitrogens with one attached hydrogen (secondary N) is 1. The van der Waals surface area contributed by atoms with Gasteiger partial charge in [0.1, 0.15) is 6.07 Å². The molecule has 1 aromatic heterocycles. The number of Topliss-reactive ketones (excluding diaryl/α,β-unsaturated/α-hetero) is 1. The second-order valence-electron chi connectivity index (χ2n) is 3.14. The van der Waals surface area contributed by atoms with Gasteiger partial charge in [0.15, 0.2) is 0 Å². The van der Waals surface area contributed by atoms with Gasteiger partial charge in [-0.15, -0.1) is 0 Å². The Morgan fingerprint density at radius 2 is 2.19 bits per heavy atom. The zero-order chi connectivity index (χ0) is 11.5. The first kappa shape index (κ1) is 9.93. The van der Waals surface area contributed by atoms with Gasteiger partial charge in [0, 0.05) is 17.1 Å². The number of ketones is 1. The van der Waals surface area contributed by atoms with E-state index < -0.39 is 11.5 Å². The maximum absolute atomic E-state index is 11.7. The van der Waals surface area contributed by atoms with Gasteiger partial charge in [0.05, 0.1) is 5.56 Å². The van der Waals surface area contributed by atoms with Crippen molar-refractivity contribution in [2.24, 2.45) is 5.16 Å². The Balaban J connectivity index is 2.57. The van der Waals surface area contributed by atoms with Crippen LogP contribution in [0, 0.1) is 11.3 Å². The van der Waals surface area contributed by atoms with Crippen molar-refractivity contribution in [2.75, 3.05) is 0 Å². The highest BCUT2D eigenvalue weighted by molar-refractivity contribution is 6.52. The van der Waals surface area contributed by atoms with Crippen molar-refractivity contribution in [3.8, 4) is 6.07 Å². The highest BCUT2D eigenvalue weighted by atomic mass is 16.4. The number of aromatic amines is 1. The molecular weight excluding hydrogens is 206 g/mol. The van der Waals surface area contributed by atoms with Crippen molar-refractivity contribution >= 4 is 22.4 Å². The monoisotopic (exact) mass is 213 g/mol. The fourth-order valence-corrected chi connectivity index (χ4v) is 1.51. The Morgan fingerprint density at radius 3 is 2.88 bits per heavy atom. The number of nitrogens with zero attached hydrogens (tertiary/aromatic N) is 2. The molecule has 2 aromatic rings. The summed E-state index contributed by atoms with van der Waals surface area (Å²) < 4.78 is 0. The van der Waals surface area contributed by atoms with Crippen LogP contribution in [0.5, 0.6) is 0 Å². The Hall–Kier alpha value is -2.61. The number of fused-ring (bicyclic) bond motifs is 1. The lowest BCUT2D eigenvalue weighted by Crippen LogP contribution is -2.11. The van der Waals surface area contributed by atoms with Crippen LogP contribution in [0.4, 0.5) is 0 Å². The average molecular weight is 213 g/mol. The largest absolute Gasteiger partial charge is 0.410 e. The molecule has 0 fully saturated rings. The second-order valence-corrected chi connectivity index (χ2v) is 3.14. The van der Waals surface area contributed by atoms with Gasteiger partial charge in [0.2, 0.25) is 11.5 Å². The normalized spacial score (nSPS) is 11.3. The Morgan fingerprint density at radius 1 is 1.44 bits per heavy atom. The number of benzene rings is 1.